The van der Waals surface area contributed by atoms with E-state index in [4.69, 9.17) is 16.7 Å². The highest BCUT2D eigenvalue weighted by Gasteiger charge is 2.33. The van der Waals surface area contributed by atoms with E-state index in [0.29, 0.717) is 17.0 Å². The third-order valence-electron chi connectivity index (χ3n) is 3.56. The molecule has 1 aliphatic rings. The number of aromatic nitrogens is 4. The number of carbonyl (C=O) groups excluding carboxylic acids is 1. The van der Waals surface area contributed by atoms with Gasteiger partial charge in [0.2, 0.25) is 11.2 Å². The van der Waals surface area contributed by atoms with Crippen molar-refractivity contribution in [3.63, 3.8) is 0 Å². The number of aliphatic carboxylic acids is 1. The number of amides is 1. The van der Waals surface area contributed by atoms with Crippen molar-refractivity contribution in [2.75, 3.05) is 11.4 Å². The zero-order chi connectivity index (χ0) is 16.6. The smallest absolute Gasteiger partial charge is 0.325 e. The molecule has 0 spiro atoms. The number of nitrogens with one attached hydrogen (secondary N) is 2. The molecule has 0 unspecified atom stereocenters. The van der Waals surface area contributed by atoms with Crippen LogP contribution in [0.2, 0.25) is 5.28 Å². The number of aromatic amines is 1. The summed E-state index contributed by atoms with van der Waals surface area (Å²) in [6, 6.07) is -0.789. The number of nitrogens with zero attached hydrogens (tertiary/aromatic N) is 4. The summed E-state index contributed by atoms with van der Waals surface area (Å²) in [4.78, 5) is 40.0. The van der Waals surface area contributed by atoms with Crippen LogP contribution in [0.5, 0.6) is 0 Å². The Balaban J connectivity index is 1.85. The fourth-order valence-electron chi connectivity index (χ4n) is 2.27. The van der Waals surface area contributed by atoms with Crippen LogP contribution in [-0.2, 0) is 9.59 Å². The summed E-state index contributed by atoms with van der Waals surface area (Å²) in [5, 5.41) is 11.4. The van der Waals surface area contributed by atoms with E-state index in [0.717, 1.165) is 12.8 Å². The van der Waals surface area contributed by atoms with Gasteiger partial charge in [0.15, 0.2) is 11.5 Å². The minimum Gasteiger partial charge on any atom is -0.480 e. The fourth-order valence-corrected chi connectivity index (χ4v) is 2.43. The van der Waals surface area contributed by atoms with E-state index in [1.165, 1.54) is 13.3 Å². The van der Waals surface area contributed by atoms with Crippen molar-refractivity contribution < 1.29 is 14.7 Å². The Morgan fingerprint density at radius 3 is 2.91 bits per heavy atom. The van der Waals surface area contributed by atoms with Crippen molar-refractivity contribution in [2.24, 2.45) is 0 Å². The van der Waals surface area contributed by atoms with Gasteiger partial charge in [-0.1, -0.05) is 0 Å². The van der Waals surface area contributed by atoms with Gasteiger partial charge in [0.25, 0.3) is 0 Å². The lowest BCUT2D eigenvalue weighted by Crippen LogP contribution is -2.45. The number of imidazole rings is 1. The zero-order valence-corrected chi connectivity index (χ0v) is 13.0. The van der Waals surface area contributed by atoms with Crippen molar-refractivity contribution in [1.82, 2.24) is 25.3 Å². The largest absolute Gasteiger partial charge is 0.480 e. The van der Waals surface area contributed by atoms with Crippen LogP contribution in [0.4, 0.5) is 5.82 Å². The summed E-state index contributed by atoms with van der Waals surface area (Å²) in [5.74, 6) is -0.982. The second-order valence-corrected chi connectivity index (χ2v) is 5.74. The second-order valence-electron chi connectivity index (χ2n) is 5.40. The molecule has 23 heavy (non-hydrogen) atoms. The van der Waals surface area contributed by atoms with E-state index < -0.39 is 17.9 Å². The van der Waals surface area contributed by atoms with Crippen molar-refractivity contribution in [3.05, 3.63) is 11.6 Å². The van der Waals surface area contributed by atoms with Crippen LogP contribution in [0.15, 0.2) is 6.33 Å². The average molecular weight is 339 g/mol. The maximum absolute atomic E-state index is 12.1. The van der Waals surface area contributed by atoms with Crippen LogP contribution >= 0.6 is 11.6 Å². The lowest BCUT2D eigenvalue weighted by Gasteiger charge is -2.23. The number of hydrogen-bond donors (Lipinski definition) is 3. The molecule has 1 amide bonds. The van der Waals surface area contributed by atoms with Gasteiger partial charge in [-0.05, 0) is 31.4 Å². The minimum atomic E-state index is -1.09. The molecule has 122 valence electrons. The van der Waals surface area contributed by atoms with E-state index >= 15 is 0 Å². The van der Waals surface area contributed by atoms with Crippen molar-refractivity contribution in [3.8, 4) is 0 Å². The molecule has 3 N–H and O–H groups in total. The molecular formula is C13H15ClN6O3. The highest BCUT2D eigenvalue weighted by Crippen LogP contribution is 2.33. The lowest BCUT2D eigenvalue weighted by molar-refractivity contribution is -0.141. The Kier molecular flexibility index (Phi) is 4.03. The van der Waals surface area contributed by atoms with E-state index in [9.17, 15) is 9.59 Å². The monoisotopic (exact) mass is 338 g/mol. The number of carbonyl (C=O) groups is 2. The van der Waals surface area contributed by atoms with Gasteiger partial charge in [0.05, 0.1) is 12.9 Å². The standard InChI is InChI=1S/C13H15ClN6O3/c1-6(12(22)23)17-8(21)4-20(7-2-3-7)11-9-10(16-5-15-9)18-13(14)19-11/h5-7H,2-4H2,1H3,(H,17,21)(H,22,23)(H,15,16,18,19)/t6-/m0/s1. The van der Waals surface area contributed by atoms with Crippen molar-refractivity contribution in [1.29, 1.82) is 0 Å². The highest BCUT2D eigenvalue weighted by atomic mass is 35.5. The van der Waals surface area contributed by atoms with Crippen LogP contribution in [0.1, 0.15) is 19.8 Å². The molecule has 2 aromatic heterocycles. The average Bonchev–Trinajstić information content (AvgIpc) is 3.22. The first-order valence-corrected chi connectivity index (χ1v) is 7.49. The third-order valence-corrected chi connectivity index (χ3v) is 3.73. The van der Waals surface area contributed by atoms with Gasteiger partial charge in [-0.15, -0.1) is 0 Å². The Labute approximate surface area is 136 Å². The highest BCUT2D eigenvalue weighted by molar-refractivity contribution is 6.28. The van der Waals surface area contributed by atoms with Gasteiger partial charge in [-0.25, -0.2) is 4.98 Å². The zero-order valence-electron chi connectivity index (χ0n) is 12.3. The van der Waals surface area contributed by atoms with Gasteiger partial charge in [0.1, 0.15) is 11.6 Å². The van der Waals surface area contributed by atoms with Crippen LogP contribution in [-0.4, -0.2) is 55.5 Å². The molecule has 3 rings (SSSR count). The van der Waals surface area contributed by atoms with Crippen LogP contribution in [0.3, 0.4) is 0 Å². The molecule has 0 saturated heterocycles. The first kappa shape index (κ1) is 15.5. The van der Waals surface area contributed by atoms with E-state index in [1.54, 1.807) is 4.90 Å². The predicted octanol–water partition coefficient (Wildman–Crippen LogP) is 0.564. The molecule has 0 bridgehead atoms. The molecule has 1 fully saturated rings. The number of H-pyrrole nitrogens is 1. The lowest BCUT2D eigenvalue weighted by atomic mass is 10.3. The number of halogens is 1. The summed E-state index contributed by atoms with van der Waals surface area (Å²) in [6.45, 7) is 1.40. The van der Waals surface area contributed by atoms with Gasteiger partial charge in [-0.3, -0.25) is 9.59 Å². The molecule has 2 aromatic rings. The van der Waals surface area contributed by atoms with Crippen LogP contribution in [0, 0.1) is 0 Å². The van der Waals surface area contributed by atoms with E-state index in [2.05, 4.69) is 25.3 Å². The number of carboxylic acid groups (broad SMARTS) is 1. The fraction of sp³-hybridized carbons (Fsp3) is 0.462. The molecule has 9 nitrogen and oxygen atoms in total. The first-order valence-electron chi connectivity index (χ1n) is 7.11. The molecule has 0 radical (unpaired) electrons. The SMILES string of the molecule is C[C@H](NC(=O)CN(c1nc(Cl)nc2nc[nH]c12)C1CC1)C(=O)O. The summed E-state index contributed by atoms with van der Waals surface area (Å²) >= 11 is 5.93. The number of fused-ring (bicyclic) bond motifs is 1. The number of carboxylic acids is 1. The number of anilines is 1. The third kappa shape index (κ3) is 3.34. The number of rotatable bonds is 6. The Morgan fingerprint density at radius 2 is 2.26 bits per heavy atom. The Morgan fingerprint density at radius 1 is 1.52 bits per heavy atom. The maximum atomic E-state index is 12.1. The summed E-state index contributed by atoms with van der Waals surface area (Å²) in [6.07, 6.45) is 3.34. The van der Waals surface area contributed by atoms with Gasteiger partial charge < -0.3 is 20.3 Å². The normalized spacial score (nSPS) is 15.4. The number of hydrogen-bond acceptors (Lipinski definition) is 6. The molecule has 1 aliphatic carbocycles. The molecular weight excluding hydrogens is 324 g/mol. The molecule has 0 aromatic carbocycles. The van der Waals surface area contributed by atoms with E-state index in [1.807, 2.05) is 0 Å². The maximum Gasteiger partial charge on any atom is 0.325 e. The van der Waals surface area contributed by atoms with E-state index in [-0.39, 0.29) is 17.9 Å². The minimum absolute atomic E-state index is 0.0102. The van der Waals surface area contributed by atoms with Gasteiger partial charge >= 0.3 is 5.97 Å². The Bertz CT molecular complexity index is 759. The molecule has 1 atom stereocenters. The first-order chi connectivity index (χ1) is 11.0. The van der Waals surface area contributed by atoms with Crippen LogP contribution < -0.4 is 10.2 Å². The molecule has 10 heteroatoms. The summed E-state index contributed by atoms with van der Waals surface area (Å²) < 4.78 is 0. The topological polar surface area (TPSA) is 124 Å². The summed E-state index contributed by atoms with van der Waals surface area (Å²) in [7, 11) is 0. The summed E-state index contributed by atoms with van der Waals surface area (Å²) in [5.41, 5.74) is 1.02. The quantitative estimate of drug-likeness (QED) is 0.657. The van der Waals surface area contributed by atoms with Gasteiger partial charge in [-0.2, -0.15) is 9.97 Å². The second kappa shape index (κ2) is 5.99. The Hall–Kier alpha value is -2.42. The van der Waals surface area contributed by atoms with Crippen molar-refractivity contribution >= 4 is 40.5 Å². The molecule has 2 heterocycles. The molecule has 1 saturated carbocycles. The predicted molar refractivity (Wildman–Crippen MR) is 82.3 cm³/mol. The van der Waals surface area contributed by atoms with Gasteiger partial charge in [0, 0.05) is 6.04 Å². The van der Waals surface area contributed by atoms with Crippen LogP contribution in [0.25, 0.3) is 11.2 Å². The molecule has 0 aliphatic heterocycles. The van der Waals surface area contributed by atoms with Crippen molar-refractivity contribution in [2.45, 2.75) is 31.8 Å².